The molecule has 0 N–H and O–H groups in total. The Hall–Kier alpha value is -2.79. The van der Waals surface area contributed by atoms with Gasteiger partial charge in [-0.2, -0.15) is 0 Å². The first-order valence-electron chi connectivity index (χ1n) is 9.86. The standard InChI is InChI=1S/C23H27N3O2/c1-24-21(22(28-2)23(27)26(24)20-11-7-4-8-12-20)17-25-15-13-19(14-16-25)18-9-5-3-6-10-18/h3-12,19H,13-17H2,1-2H3. The molecule has 0 amide bonds. The van der Waals surface area contributed by atoms with Gasteiger partial charge in [-0.05, 0) is 49.5 Å². The number of methoxy groups -OCH3 is 1. The number of para-hydroxylation sites is 1. The minimum Gasteiger partial charge on any atom is -0.490 e. The topological polar surface area (TPSA) is 39.4 Å². The summed E-state index contributed by atoms with van der Waals surface area (Å²) < 4.78 is 9.13. The number of hydrogen-bond acceptors (Lipinski definition) is 3. The molecule has 146 valence electrons. The van der Waals surface area contributed by atoms with Gasteiger partial charge in [-0.25, -0.2) is 4.68 Å². The van der Waals surface area contributed by atoms with Crippen LogP contribution in [0.1, 0.15) is 30.0 Å². The molecule has 0 saturated carbocycles. The summed E-state index contributed by atoms with van der Waals surface area (Å²) in [6, 6.07) is 20.5. The van der Waals surface area contributed by atoms with E-state index < -0.39 is 0 Å². The van der Waals surface area contributed by atoms with Crippen LogP contribution in [-0.4, -0.2) is 34.5 Å². The van der Waals surface area contributed by atoms with Gasteiger partial charge in [-0.3, -0.25) is 14.4 Å². The van der Waals surface area contributed by atoms with Crippen LogP contribution in [0.25, 0.3) is 5.69 Å². The van der Waals surface area contributed by atoms with Gasteiger partial charge in [0.2, 0.25) is 5.75 Å². The van der Waals surface area contributed by atoms with Crippen molar-refractivity contribution in [1.82, 2.24) is 14.3 Å². The number of aromatic nitrogens is 2. The van der Waals surface area contributed by atoms with Gasteiger partial charge in [0, 0.05) is 13.6 Å². The van der Waals surface area contributed by atoms with Crippen LogP contribution in [0.2, 0.25) is 0 Å². The smallest absolute Gasteiger partial charge is 0.314 e. The summed E-state index contributed by atoms with van der Waals surface area (Å²) in [5.74, 6) is 1.06. The maximum atomic E-state index is 12.9. The first-order valence-corrected chi connectivity index (χ1v) is 9.86. The number of ether oxygens (including phenoxy) is 1. The molecule has 0 unspecified atom stereocenters. The number of likely N-dealkylation sites (tertiary alicyclic amines) is 1. The average Bonchev–Trinajstić information content (AvgIpc) is 2.99. The van der Waals surface area contributed by atoms with Gasteiger partial charge in [0.15, 0.2) is 0 Å². The Morgan fingerprint density at radius 1 is 0.964 bits per heavy atom. The van der Waals surface area contributed by atoms with E-state index in [-0.39, 0.29) is 5.56 Å². The van der Waals surface area contributed by atoms with Crippen LogP contribution in [0.4, 0.5) is 0 Å². The molecule has 3 aromatic rings. The van der Waals surface area contributed by atoms with Gasteiger partial charge in [-0.15, -0.1) is 0 Å². The van der Waals surface area contributed by atoms with Crippen molar-refractivity contribution in [1.29, 1.82) is 0 Å². The van der Waals surface area contributed by atoms with Crippen LogP contribution in [0.3, 0.4) is 0 Å². The van der Waals surface area contributed by atoms with Gasteiger partial charge < -0.3 is 4.74 Å². The third-order valence-corrected chi connectivity index (χ3v) is 5.78. The van der Waals surface area contributed by atoms with Crippen LogP contribution >= 0.6 is 0 Å². The van der Waals surface area contributed by atoms with Crippen LogP contribution in [-0.2, 0) is 13.6 Å². The molecule has 1 aliphatic rings. The van der Waals surface area contributed by atoms with Crippen molar-refractivity contribution in [2.45, 2.75) is 25.3 Å². The lowest BCUT2D eigenvalue weighted by molar-refractivity contribution is 0.197. The number of rotatable bonds is 5. The van der Waals surface area contributed by atoms with E-state index in [1.807, 2.05) is 42.1 Å². The third-order valence-electron chi connectivity index (χ3n) is 5.78. The highest BCUT2D eigenvalue weighted by molar-refractivity contribution is 5.36. The third kappa shape index (κ3) is 3.50. The molecule has 0 spiro atoms. The highest BCUT2D eigenvalue weighted by Crippen LogP contribution is 2.29. The summed E-state index contributed by atoms with van der Waals surface area (Å²) in [6.07, 6.45) is 2.28. The van der Waals surface area contributed by atoms with Crippen molar-refractivity contribution in [2.24, 2.45) is 7.05 Å². The summed E-state index contributed by atoms with van der Waals surface area (Å²) in [7, 11) is 3.51. The first-order chi connectivity index (χ1) is 13.7. The van der Waals surface area contributed by atoms with E-state index >= 15 is 0 Å². The molecular weight excluding hydrogens is 350 g/mol. The van der Waals surface area contributed by atoms with Crippen LogP contribution in [0, 0.1) is 0 Å². The monoisotopic (exact) mass is 377 g/mol. The lowest BCUT2D eigenvalue weighted by Crippen LogP contribution is -2.33. The second-order valence-corrected chi connectivity index (χ2v) is 7.42. The SMILES string of the molecule is COc1c(CN2CCC(c3ccccc3)CC2)n(C)n(-c2ccccc2)c1=O. The van der Waals surface area contributed by atoms with E-state index in [0.717, 1.165) is 43.9 Å². The summed E-state index contributed by atoms with van der Waals surface area (Å²) in [6.45, 7) is 2.76. The fourth-order valence-corrected chi connectivity index (χ4v) is 4.22. The van der Waals surface area contributed by atoms with Gasteiger partial charge in [-0.1, -0.05) is 48.5 Å². The Kier molecular flexibility index (Phi) is 5.35. The van der Waals surface area contributed by atoms with Crippen molar-refractivity contribution in [2.75, 3.05) is 20.2 Å². The zero-order chi connectivity index (χ0) is 19.5. The molecule has 0 aliphatic carbocycles. The van der Waals surface area contributed by atoms with E-state index in [4.69, 9.17) is 4.74 Å². The Bertz CT molecular complexity index is 968. The van der Waals surface area contributed by atoms with E-state index in [1.165, 1.54) is 5.56 Å². The minimum absolute atomic E-state index is 0.106. The van der Waals surface area contributed by atoms with Gasteiger partial charge in [0.05, 0.1) is 18.5 Å². The molecule has 1 fully saturated rings. The van der Waals surface area contributed by atoms with Crippen LogP contribution < -0.4 is 10.3 Å². The second-order valence-electron chi connectivity index (χ2n) is 7.42. The van der Waals surface area contributed by atoms with Crippen LogP contribution in [0.15, 0.2) is 65.5 Å². The molecule has 0 bridgehead atoms. The summed E-state index contributed by atoms with van der Waals surface area (Å²) in [5, 5.41) is 0. The fraction of sp³-hybridized carbons (Fsp3) is 0.348. The maximum Gasteiger partial charge on any atom is 0.314 e. The highest BCUT2D eigenvalue weighted by Gasteiger charge is 2.25. The van der Waals surface area contributed by atoms with Crippen molar-refractivity contribution in [3.63, 3.8) is 0 Å². The molecule has 5 heteroatoms. The first kappa shape index (κ1) is 18.6. The molecule has 5 nitrogen and oxygen atoms in total. The summed E-state index contributed by atoms with van der Waals surface area (Å²) >= 11 is 0. The van der Waals surface area contributed by atoms with Gasteiger partial charge >= 0.3 is 5.56 Å². The number of benzene rings is 2. The molecule has 1 aliphatic heterocycles. The lowest BCUT2D eigenvalue weighted by Gasteiger charge is -2.32. The summed E-state index contributed by atoms with van der Waals surface area (Å²) in [4.78, 5) is 15.3. The van der Waals surface area contributed by atoms with E-state index in [9.17, 15) is 4.79 Å². The molecule has 2 aromatic carbocycles. The second kappa shape index (κ2) is 8.07. The van der Waals surface area contributed by atoms with Gasteiger partial charge in [0.1, 0.15) is 0 Å². The molecule has 1 aromatic heterocycles. The van der Waals surface area contributed by atoms with Crippen LogP contribution in [0.5, 0.6) is 5.75 Å². The molecular formula is C23H27N3O2. The number of hydrogen-bond donors (Lipinski definition) is 0. The van der Waals surface area contributed by atoms with Gasteiger partial charge in [0.25, 0.3) is 0 Å². The Labute approximate surface area is 165 Å². The van der Waals surface area contributed by atoms with Crippen molar-refractivity contribution < 1.29 is 4.74 Å². The molecule has 1 saturated heterocycles. The highest BCUT2D eigenvalue weighted by atomic mass is 16.5. The molecule has 4 rings (SSSR count). The van der Waals surface area contributed by atoms with E-state index in [1.54, 1.807) is 11.8 Å². The zero-order valence-electron chi connectivity index (χ0n) is 16.5. The predicted molar refractivity (Wildman–Crippen MR) is 111 cm³/mol. The molecule has 2 heterocycles. The minimum atomic E-state index is -0.106. The predicted octanol–water partition coefficient (Wildman–Crippen LogP) is 3.56. The normalized spacial score (nSPS) is 15.6. The van der Waals surface area contributed by atoms with E-state index in [0.29, 0.717) is 11.7 Å². The Morgan fingerprint density at radius 2 is 1.57 bits per heavy atom. The van der Waals surface area contributed by atoms with Crippen molar-refractivity contribution in [3.8, 4) is 11.4 Å². The molecule has 28 heavy (non-hydrogen) atoms. The summed E-state index contributed by atoms with van der Waals surface area (Å²) in [5.41, 5.74) is 3.10. The molecule has 0 radical (unpaired) electrons. The molecule has 0 atom stereocenters. The Balaban J connectivity index is 1.54. The maximum absolute atomic E-state index is 12.9. The largest absolute Gasteiger partial charge is 0.490 e. The van der Waals surface area contributed by atoms with Crippen molar-refractivity contribution in [3.05, 3.63) is 82.3 Å². The average molecular weight is 377 g/mol. The van der Waals surface area contributed by atoms with Crippen molar-refractivity contribution >= 4 is 0 Å². The number of nitrogens with zero attached hydrogens (tertiary/aromatic N) is 3. The Morgan fingerprint density at radius 3 is 2.18 bits per heavy atom. The number of piperidine rings is 1. The fourth-order valence-electron chi connectivity index (χ4n) is 4.22. The van der Waals surface area contributed by atoms with E-state index in [2.05, 4.69) is 35.2 Å². The quantitative estimate of drug-likeness (QED) is 0.682. The zero-order valence-corrected chi connectivity index (χ0v) is 16.5. The lowest BCUT2D eigenvalue weighted by atomic mass is 9.89.